The Morgan fingerprint density at radius 2 is 1.82 bits per heavy atom. The van der Waals surface area contributed by atoms with Crippen molar-refractivity contribution in [2.24, 2.45) is 0 Å². The molecule has 1 aliphatic heterocycles. The van der Waals surface area contributed by atoms with Crippen molar-refractivity contribution in [1.82, 2.24) is 9.88 Å². The number of likely N-dealkylation sites (tertiary alicyclic amines) is 1. The molecule has 1 aromatic carbocycles. The van der Waals surface area contributed by atoms with Crippen LogP contribution in [0.25, 0.3) is 0 Å². The number of nitrogens with zero attached hydrogens (tertiary/aromatic N) is 2. The highest BCUT2D eigenvalue weighted by molar-refractivity contribution is 6.30. The Morgan fingerprint density at radius 1 is 1.14 bits per heavy atom. The van der Waals surface area contributed by atoms with Gasteiger partial charge in [0.2, 0.25) is 5.88 Å². The summed E-state index contributed by atoms with van der Waals surface area (Å²) >= 11 is 11.6. The van der Waals surface area contributed by atoms with E-state index in [9.17, 15) is 4.79 Å². The number of urea groups is 1. The molecule has 0 atom stereocenters. The normalized spacial score (nSPS) is 14.4. The molecule has 2 heterocycles. The van der Waals surface area contributed by atoms with Crippen LogP contribution in [0.2, 0.25) is 10.0 Å². The van der Waals surface area contributed by atoms with Gasteiger partial charge in [-0.3, -0.25) is 0 Å². The standard InChI is InChI=1S/C15H13Cl2N3O2/c16-10-1-4-12(5-2-10)19-15(21)20-8-13(9-20)22-14-6-3-11(17)7-18-14/h1-7,13H,8-9H2,(H,19,21). The average molecular weight is 338 g/mol. The number of nitrogens with one attached hydrogen (secondary N) is 1. The first kappa shape index (κ1) is 14.9. The molecule has 7 heteroatoms. The average Bonchev–Trinajstić information content (AvgIpc) is 2.46. The Labute approximate surface area is 137 Å². The Kier molecular flexibility index (Phi) is 4.36. The lowest BCUT2D eigenvalue weighted by Gasteiger charge is -2.38. The van der Waals surface area contributed by atoms with Gasteiger partial charge in [0.15, 0.2) is 0 Å². The maximum absolute atomic E-state index is 12.0. The van der Waals surface area contributed by atoms with E-state index in [1.807, 2.05) is 0 Å². The third-order valence-corrected chi connectivity index (χ3v) is 3.69. The molecule has 2 aromatic rings. The summed E-state index contributed by atoms with van der Waals surface area (Å²) in [6.45, 7) is 1.04. The molecule has 3 rings (SSSR count). The lowest BCUT2D eigenvalue weighted by molar-refractivity contribution is 0.0461. The molecule has 1 aliphatic rings. The van der Waals surface area contributed by atoms with Gasteiger partial charge in [-0.15, -0.1) is 0 Å². The van der Waals surface area contributed by atoms with Gasteiger partial charge in [-0.2, -0.15) is 0 Å². The van der Waals surface area contributed by atoms with Crippen molar-refractivity contribution in [1.29, 1.82) is 0 Å². The molecular weight excluding hydrogens is 325 g/mol. The molecule has 1 aromatic heterocycles. The molecule has 0 spiro atoms. The van der Waals surface area contributed by atoms with Crippen molar-refractivity contribution in [3.63, 3.8) is 0 Å². The highest BCUT2D eigenvalue weighted by atomic mass is 35.5. The van der Waals surface area contributed by atoms with Gasteiger partial charge < -0.3 is 15.0 Å². The van der Waals surface area contributed by atoms with Crippen LogP contribution in [0.3, 0.4) is 0 Å². The summed E-state index contributed by atoms with van der Waals surface area (Å²) in [5.74, 6) is 0.507. The summed E-state index contributed by atoms with van der Waals surface area (Å²) in [4.78, 5) is 17.7. The summed E-state index contributed by atoms with van der Waals surface area (Å²) in [7, 11) is 0. The quantitative estimate of drug-likeness (QED) is 0.929. The molecule has 5 nitrogen and oxygen atoms in total. The van der Waals surface area contributed by atoms with Crippen molar-refractivity contribution in [3.05, 3.63) is 52.6 Å². The largest absolute Gasteiger partial charge is 0.471 e. The molecule has 0 aliphatic carbocycles. The van der Waals surface area contributed by atoms with Crippen molar-refractivity contribution in [2.45, 2.75) is 6.10 Å². The van der Waals surface area contributed by atoms with Gasteiger partial charge in [0.25, 0.3) is 0 Å². The van der Waals surface area contributed by atoms with E-state index >= 15 is 0 Å². The Hall–Kier alpha value is -1.98. The zero-order valence-corrected chi connectivity index (χ0v) is 13.0. The zero-order chi connectivity index (χ0) is 15.5. The lowest BCUT2D eigenvalue weighted by atomic mass is 10.2. The molecule has 0 radical (unpaired) electrons. The minimum atomic E-state index is -0.161. The highest BCUT2D eigenvalue weighted by Crippen LogP contribution is 2.19. The number of benzene rings is 1. The smallest absolute Gasteiger partial charge is 0.322 e. The fraction of sp³-hybridized carbons (Fsp3) is 0.200. The van der Waals surface area contributed by atoms with Gasteiger partial charge in [-0.1, -0.05) is 23.2 Å². The maximum atomic E-state index is 12.0. The van der Waals surface area contributed by atoms with E-state index in [0.717, 1.165) is 0 Å². The Morgan fingerprint density at radius 3 is 2.45 bits per heavy atom. The van der Waals surface area contributed by atoms with Gasteiger partial charge >= 0.3 is 6.03 Å². The molecule has 0 bridgehead atoms. The van der Waals surface area contributed by atoms with Crippen LogP contribution in [0.4, 0.5) is 10.5 Å². The second-order valence-corrected chi connectivity index (χ2v) is 5.77. The van der Waals surface area contributed by atoms with E-state index in [0.29, 0.717) is 34.7 Å². The summed E-state index contributed by atoms with van der Waals surface area (Å²) in [5, 5.41) is 3.99. The molecule has 114 valence electrons. The number of carbonyl (C=O) groups excluding carboxylic acids is 1. The van der Waals surface area contributed by atoms with E-state index in [1.165, 1.54) is 6.20 Å². The topological polar surface area (TPSA) is 54.5 Å². The molecular formula is C15H13Cl2N3O2. The minimum Gasteiger partial charge on any atom is -0.471 e. The predicted octanol–water partition coefficient (Wildman–Crippen LogP) is 3.68. The number of halogens is 2. The van der Waals surface area contributed by atoms with Crippen molar-refractivity contribution >= 4 is 34.9 Å². The summed E-state index contributed by atoms with van der Waals surface area (Å²) in [5.41, 5.74) is 0.707. The third kappa shape index (κ3) is 3.61. The van der Waals surface area contributed by atoms with Gasteiger partial charge in [0.1, 0.15) is 6.10 Å². The number of amides is 2. The van der Waals surface area contributed by atoms with Gasteiger partial charge in [0, 0.05) is 23.0 Å². The van der Waals surface area contributed by atoms with Crippen LogP contribution in [-0.4, -0.2) is 35.1 Å². The molecule has 0 saturated carbocycles. The first-order chi connectivity index (χ1) is 10.6. The van der Waals surface area contributed by atoms with Crippen LogP contribution in [0.15, 0.2) is 42.6 Å². The van der Waals surface area contributed by atoms with Crippen LogP contribution >= 0.6 is 23.2 Å². The third-order valence-electron chi connectivity index (χ3n) is 3.22. The van der Waals surface area contributed by atoms with E-state index in [1.54, 1.807) is 41.3 Å². The molecule has 22 heavy (non-hydrogen) atoms. The van der Waals surface area contributed by atoms with E-state index in [2.05, 4.69) is 10.3 Å². The minimum absolute atomic E-state index is 0.0513. The van der Waals surface area contributed by atoms with Gasteiger partial charge in [0.05, 0.1) is 18.1 Å². The van der Waals surface area contributed by atoms with Crippen molar-refractivity contribution in [2.75, 3.05) is 18.4 Å². The van der Waals surface area contributed by atoms with Gasteiger partial charge in [-0.25, -0.2) is 9.78 Å². The number of carbonyl (C=O) groups is 1. The van der Waals surface area contributed by atoms with E-state index < -0.39 is 0 Å². The number of hydrogen-bond acceptors (Lipinski definition) is 3. The van der Waals surface area contributed by atoms with Crippen LogP contribution in [0, 0.1) is 0 Å². The Balaban J connectivity index is 1.47. The second-order valence-electron chi connectivity index (χ2n) is 4.90. The van der Waals surface area contributed by atoms with Crippen molar-refractivity contribution in [3.8, 4) is 5.88 Å². The second kappa shape index (κ2) is 6.42. The number of rotatable bonds is 3. The van der Waals surface area contributed by atoms with Crippen LogP contribution in [-0.2, 0) is 0 Å². The monoisotopic (exact) mass is 337 g/mol. The first-order valence-corrected chi connectivity index (χ1v) is 7.45. The van der Waals surface area contributed by atoms with E-state index in [-0.39, 0.29) is 12.1 Å². The van der Waals surface area contributed by atoms with Crippen LogP contribution in [0.1, 0.15) is 0 Å². The molecule has 1 fully saturated rings. The predicted molar refractivity (Wildman–Crippen MR) is 85.7 cm³/mol. The molecule has 0 unspecified atom stereocenters. The number of pyridine rings is 1. The maximum Gasteiger partial charge on any atom is 0.322 e. The van der Waals surface area contributed by atoms with Crippen LogP contribution in [0.5, 0.6) is 5.88 Å². The number of ether oxygens (including phenoxy) is 1. The lowest BCUT2D eigenvalue weighted by Crippen LogP contribution is -2.57. The fourth-order valence-electron chi connectivity index (χ4n) is 2.02. The summed E-state index contributed by atoms with van der Waals surface area (Å²) in [6.07, 6.45) is 1.48. The SMILES string of the molecule is O=C(Nc1ccc(Cl)cc1)N1CC(Oc2ccc(Cl)cn2)C1. The van der Waals surface area contributed by atoms with Crippen molar-refractivity contribution < 1.29 is 9.53 Å². The van der Waals surface area contributed by atoms with Gasteiger partial charge in [-0.05, 0) is 30.3 Å². The highest BCUT2D eigenvalue weighted by Gasteiger charge is 2.32. The van der Waals surface area contributed by atoms with E-state index in [4.69, 9.17) is 27.9 Å². The first-order valence-electron chi connectivity index (χ1n) is 6.70. The number of aromatic nitrogens is 1. The zero-order valence-electron chi connectivity index (χ0n) is 11.5. The van der Waals surface area contributed by atoms with Crippen LogP contribution < -0.4 is 10.1 Å². The summed E-state index contributed by atoms with van der Waals surface area (Å²) in [6, 6.07) is 10.2. The number of hydrogen-bond donors (Lipinski definition) is 1. The fourth-order valence-corrected chi connectivity index (χ4v) is 2.25. The Bertz CT molecular complexity index is 655. The number of anilines is 1. The molecule has 2 amide bonds. The molecule has 1 saturated heterocycles. The summed E-state index contributed by atoms with van der Waals surface area (Å²) < 4.78 is 5.64. The molecule has 1 N–H and O–H groups in total.